The minimum atomic E-state index is -0.644. The van der Waals surface area contributed by atoms with Gasteiger partial charge in [0.2, 0.25) is 0 Å². The maximum atomic E-state index is 11.3. The van der Waals surface area contributed by atoms with Crippen LogP contribution in [0.2, 0.25) is 0 Å². The van der Waals surface area contributed by atoms with E-state index in [2.05, 4.69) is 22.9 Å². The van der Waals surface area contributed by atoms with Crippen LogP contribution in [0, 0.1) is 0 Å². The van der Waals surface area contributed by atoms with Gasteiger partial charge in [0.25, 0.3) is 0 Å². The quantitative estimate of drug-likeness (QED) is 0.789. The summed E-state index contributed by atoms with van der Waals surface area (Å²) in [5.74, 6) is 2.99. The van der Waals surface area contributed by atoms with Crippen LogP contribution < -0.4 is 4.90 Å². The number of rotatable bonds is 3. The van der Waals surface area contributed by atoms with Crippen molar-refractivity contribution in [3.8, 4) is 0 Å². The number of aryl methyl sites for hydroxylation is 1. The van der Waals surface area contributed by atoms with Crippen molar-refractivity contribution in [2.24, 2.45) is 0 Å². The number of pyridine rings is 1. The highest BCUT2D eigenvalue weighted by molar-refractivity contribution is 7.85. The summed E-state index contributed by atoms with van der Waals surface area (Å²) in [6.45, 7) is 3.75. The molecule has 1 aromatic rings. The number of alkyl halides is 1. The molecule has 2 rings (SSSR count). The van der Waals surface area contributed by atoms with Crippen LogP contribution in [-0.2, 0) is 23.1 Å². The van der Waals surface area contributed by atoms with Gasteiger partial charge in [0.1, 0.15) is 5.82 Å². The van der Waals surface area contributed by atoms with E-state index in [0.717, 1.165) is 48.1 Å². The molecule has 0 unspecified atom stereocenters. The number of aromatic nitrogens is 1. The van der Waals surface area contributed by atoms with Crippen molar-refractivity contribution < 1.29 is 4.21 Å². The maximum absolute atomic E-state index is 11.3. The minimum Gasteiger partial charge on any atom is -0.355 e. The first kappa shape index (κ1) is 12.8. The lowest BCUT2D eigenvalue weighted by molar-refractivity contribution is 0.672. The Hall–Kier alpha value is -0.610. The smallest absolute Gasteiger partial charge is 0.129 e. The summed E-state index contributed by atoms with van der Waals surface area (Å²) < 4.78 is 11.3. The first-order valence-corrected chi connectivity index (χ1v) is 7.91. The zero-order valence-electron chi connectivity index (χ0n) is 9.99. The third-order valence-electron chi connectivity index (χ3n) is 2.94. The molecule has 0 bridgehead atoms. The van der Waals surface area contributed by atoms with Gasteiger partial charge in [-0.3, -0.25) is 4.21 Å². The summed E-state index contributed by atoms with van der Waals surface area (Å²) in [5.41, 5.74) is 2.19. The van der Waals surface area contributed by atoms with Gasteiger partial charge in [0.15, 0.2) is 0 Å². The van der Waals surface area contributed by atoms with Gasteiger partial charge in [-0.2, -0.15) is 0 Å². The number of hydrogen-bond acceptors (Lipinski definition) is 3. The molecule has 1 saturated heterocycles. The van der Waals surface area contributed by atoms with Crippen molar-refractivity contribution in [1.82, 2.24) is 4.98 Å². The van der Waals surface area contributed by atoms with Crippen LogP contribution in [0.5, 0.6) is 0 Å². The number of hydrogen-bond donors (Lipinski definition) is 0. The summed E-state index contributed by atoms with van der Waals surface area (Å²) >= 11 is 5.90. The van der Waals surface area contributed by atoms with E-state index in [4.69, 9.17) is 11.6 Å². The highest BCUT2D eigenvalue weighted by atomic mass is 35.5. The van der Waals surface area contributed by atoms with Crippen LogP contribution in [0.15, 0.2) is 12.1 Å². The molecular weight excluding hydrogens is 256 g/mol. The second-order valence-electron chi connectivity index (χ2n) is 4.15. The molecule has 1 aliphatic heterocycles. The Labute approximate surface area is 110 Å². The molecule has 5 heteroatoms. The summed E-state index contributed by atoms with van der Waals surface area (Å²) in [6.07, 6.45) is 0.914. The second-order valence-corrected chi connectivity index (χ2v) is 6.11. The van der Waals surface area contributed by atoms with Gasteiger partial charge in [-0.25, -0.2) is 4.98 Å². The van der Waals surface area contributed by atoms with E-state index in [1.165, 1.54) is 0 Å². The first-order valence-electron chi connectivity index (χ1n) is 5.88. The fourth-order valence-electron chi connectivity index (χ4n) is 1.92. The van der Waals surface area contributed by atoms with Gasteiger partial charge < -0.3 is 4.90 Å². The highest BCUT2D eigenvalue weighted by Gasteiger charge is 2.17. The molecule has 0 spiro atoms. The van der Waals surface area contributed by atoms with Crippen LogP contribution in [0.3, 0.4) is 0 Å². The molecule has 1 fully saturated rings. The number of nitrogens with zero attached hydrogens (tertiary/aromatic N) is 2. The van der Waals surface area contributed by atoms with E-state index in [0.29, 0.717) is 5.88 Å². The molecule has 1 aliphatic rings. The Kier molecular flexibility index (Phi) is 4.40. The van der Waals surface area contributed by atoms with Crippen molar-refractivity contribution >= 4 is 28.2 Å². The van der Waals surface area contributed by atoms with Gasteiger partial charge in [0, 0.05) is 47.0 Å². The molecule has 17 heavy (non-hydrogen) atoms. The van der Waals surface area contributed by atoms with Gasteiger partial charge in [-0.05, 0) is 24.1 Å². The second kappa shape index (κ2) is 5.83. The van der Waals surface area contributed by atoms with E-state index in [-0.39, 0.29) is 0 Å². The van der Waals surface area contributed by atoms with Gasteiger partial charge in [0.05, 0.1) is 0 Å². The van der Waals surface area contributed by atoms with Crippen LogP contribution >= 0.6 is 11.6 Å². The third-order valence-corrected chi connectivity index (χ3v) is 4.53. The van der Waals surface area contributed by atoms with Gasteiger partial charge >= 0.3 is 0 Å². The lowest BCUT2D eigenvalue weighted by atomic mass is 10.2. The molecule has 2 heterocycles. The lowest BCUT2D eigenvalue weighted by Gasteiger charge is -2.28. The van der Waals surface area contributed by atoms with E-state index < -0.39 is 10.8 Å². The van der Waals surface area contributed by atoms with Crippen LogP contribution in [0.4, 0.5) is 5.82 Å². The fourth-order valence-corrected chi connectivity index (χ4v) is 3.13. The summed E-state index contributed by atoms with van der Waals surface area (Å²) in [7, 11) is -0.644. The predicted molar refractivity (Wildman–Crippen MR) is 73.3 cm³/mol. The van der Waals surface area contributed by atoms with Crippen molar-refractivity contribution in [3.05, 3.63) is 23.4 Å². The molecule has 0 aromatic carbocycles. The largest absolute Gasteiger partial charge is 0.355 e. The van der Waals surface area contributed by atoms with Crippen molar-refractivity contribution in [2.45, 2.75) is 19.2 Å². The van der Waals surface area contributed by atoms with Gasteiger partial charge in [-0.1, -0.05) is 6.92 Å². The monoisotopic (exact) mass is 272 g/mol. The topological polar surface area (TPSA) is 33.2 Å². The van der Waals surface area contributed by atoms with E-state index in [9.17, 15) is 4.21 Å². The Morgan fingerprint density at radius 1 is 1.41 bits per heavy atom. The van der Waals surface area contributed by atoms with E-state index in [1.807, 2.05) is 6.07 Å². The Morgan fingerprint density at radius 3 is 2.71 bits per heavy atom. The Bertz CT molecular complexity index is 393. The SMILES string of the molecule is CCc1cc(CCl)cc(N2CCS(=O)CC2)n1. The van der Waals surface area contributed by atoms with Crippen molar-refractivity contribution in [1.29, 1.82) is 0 Å². The molecule has 0 N–H and O–H groups in total. The Balaban J connectivity index is 2.22. The average Bonchev–Trinajstić information content (AvgIpc) is 2.39. The maximum Gasteiger partial charge on any atom is 0.129 e. The molecule has 3 nitrogen and oxygen atoms in total. The zero-order valence-corrected chi connectivity index (χ0v) is 11.6. The molecule has 0 aliphatic carbocycles. The third kappa shape index (κ3) is 3.19. The van der Waals surface area contributed by atoms with Crippen LogP contribution in [0.25, 0.3) is 0 Å². The van der Waals surface area contributed by atoms with Crippen molar-refractivity contribution in [2.75, 3.05) is 29.5 Å². The summed E-state index contributed by atoms with van der Waals surface area (Å²) in [6, 6.07) is 4.10. The molecule has 1 aromatic heterocycles. The number of anilines is 1. The van der Waals surface area contributed by atoms with E-state index >= 15 is 0 Å². The first-order chi connectivity index (χ1) is 8.22. The number of halogens is 1. The normalized spacial score (nSPS) is 17.4. The molecule has 0 saturated carbocycles. The molecule has 0 radical (unpaired) electrons. The zero-order chi connectivity index (χ0) is 12.3. The van der Waals surface area contributed by atoms with Crippen molar-refractivity contribution in [3.63, 3.8) is 0 Å². The average molecular weight is 273 g/mol. The van der Waals surface area contributed by atoms with Crippen LogP contribution in [0.1, 0.15) is 18.2 Å². The lowest BCUT2D eigenvalue weighted by Crippen LogP contribution is -2.38. The minimum absolute atomic E-state index is 0.516. The predicted octanol–water partition coefficient (Wildman–Crippen LogP) is 1.95. The van der Waals surface area contributed by atoms with Crippen LogP contribution in [-0.4, -0.2) is 33.8 Å². The summed E-state index contributed by atoms with van der Waals surface area (Å²) in [4.78, 5) is 6.82. The van der Waals surface area contributed by atoms with E-state index in [1.54, 1.807) is 0 Å². The molecule has 0 amide bonds. The highest BCUT2D eigenvalue weighted by Crippen LogP contribution is 2.18. The molecule has 94 valence electrons. The molecular formula is C12H17ClN2OS. The molecule has 0 atom stereocenters. The Morgan fingerprint density at radius 2 is 2.12 bits per heavy atom. The standard InChI is InChI=1S/C12H17ClN2OS/c1-2-11-7-10(9-13)8-12(14-11)15-3-5-17(16)6-4-15/h7-8H,2-6,9H2,1H3. The van der Waals surface area contributed by atoms with Gasteiger partial charge in [-0.15, -0.1) is 11.6 Å². The summed E-state index contributed by atoms with van der Waals surface area (Å²) in [5, 5.41) is 0. The fraction of sp³-hybridized carbons (Fsp3) is 0.583.